The minimum atomic E-state index is -2.13. The molecule has 11 heteroatoms. The molecule has 0 bridgehead atoms. The maximum absolute atomic E-state index is 14.5. The second-order valence-electron chi connectivity index (χ2n) is 12.3. The first-order valence-electron chi connectivity index (χ1n) is 14.9. The molecule has 7 nitrogen and oxygen atoms in total. The number of halogens is 3. The van der Waals surface area contributed by atoms with Gasteiger partial charge in [0.05, 0.1) is 24.1 Å². The predicted octanol–water partition coefficient (Wildman–Crippen LogP) is 6.51. The second kappa shape index (κ2) is 10.2. The fraction of sp³-hybridized carbons (Fsp3) is 0.257. The summed E-state index contributed by atoms with van der Waals surface area (Å²) in [6.45, 7) is 0.139. The number of hydrogen-bond donors (Lipinski definition) is 1. The van der Waals surface area contributed by atoms with Crippen LogP contribution in [0.4, 0.5) is 10.1 Å². The Morgan fingerprint density at radius 3 is 2.39 bits per heavy atom. The highest BCUT2D eigenvalue weighted by molar-refractivity contribution is 7.09. The van der Waals surface area contributed by atoms with Crippen molar-refractivity contribution in [1.29, 1.82) is 0 Å². The van der Waals surface area contributed by atoms with Gasteiger partial charge in [0.25, 0.3) is 11.8 Å². The average Bonchev–Trinajstić information content (AvgIpc) is 3.69. The summed E-state index contributed by atoms with van der Waals surface area (Å²) in [6.07, 6.45) is 1.87. The normalized spacial score (nSPS) is 30.5. The number of likely N-dealkylation sites (tertiary alicyclic amines) is 1. The number of carbonyl (C=O) groups is 4. The van der Waals surface area contributed by atoms with Crippen LogP contribution in [0.15, 0.2) is 89.8 Å². The molecule has 3 aromatic carbocycles. The zero-order valence-electron chi connectivity index (χ0n) is 24.0. The maximum atomic E-state index is 14.5. The molecule has 3 fully saturated rings. The third-order valence-electron chi connectivity index (χ3n) is 10.1. The molecule has 2 aliphatic heterocycles. The van der Waals surface area contributed by atoms with Crippen LogP contribution in [0.2, 0.25) is 0 Å². The van der Waals surface area contributed by atoms with Crippen molar-refractivity contribution in [1.82, 2.24) is 4.90 Å². The van der Waals surface area contributed by atoms with E-state index in [0.29, 0.717) is 11.0 Å². The fourth-order valence-electron chi connectivity index (χ4n) is 8.03. The minimum Gasteiger partial charge on any atom is -0.507 e. The number of nitrogens with zero attached hydrogens (tertiary/aromatic N) is 2. The number of fused-ring (bicyclic) bond motifs is 5. The van der Waals surface area contributed by atoms with Crippen LogP contribution < -0.4 is 4.90 Å². The van der Waals surface area contributed by atoms with Crippen LogP contribution in [0.1, 0.15) is 29.2 Å². The second-order valence-corrected chi connectivity index (χ2v) is 14.6. The van der Waals surface area contributed by atoms with E-state index in [0.717, 1.165) is 27.3 Å². The van der Waals surface area contributed by atoms with E-state index in [-0.39, 0.29) is 48.2 Å². The largest absolute Gasteiger partial charge is 0.507 e. The van der Waals surface area contributed by atoms with Crippen LogP contribution in [0.5, 0.6) is 5.75 Å². The van der Waals surface area contributed by atoms with Crippen LogP contribution in [0.25, 0.3) is 10.8 Å². The molecule has 0 unspecified atom stereocenters. The monoisotopic (exact) mass is 674 g/mol. The zero-order valence-corrected chi connectivity index (χ0v) is 26.4. The van der Waals surface area contributed by atoms with Crippen molar-refractivity contribution in [2.75, 3.05) is 4.90 Å². The van der Waals surface area contributed by atoms with E-state index in [4.69, 9.17) is 23.2 Å². The van der Waals surface area contributed by atoms with Gasteiger partial charge in [0.15, 0.2) is 9.75 Å². The molecule has 3 heterocycles. The Balaban J connectivity index is 1.31. The van der Waals surface area contributed by atoms with Gasteiger partial charge in [0, 0.05) is 21.7 Å². The molecule has 4 aliphatic rings. The van der Waals surface area contributed by atoms with Gasteiger partial charge in [-0.25, -0.2) is 9.29 Å². The van der Waals surface area contributed by atoms with E-state index in [1.807, 2.05) is 35.7 Å². The number of rotatable bonds is 4. The molecule has 1 aromatic heterocycles. The maximum Gasteiger partial charge on any atom is 0.258 e. The number of aromatic hydroxyl groups is 1. The Morgan fingerprint density at radius 1 is 0.891 bits per heavy atom. The number of phenolic OH excluding ortho intramolecular Hbond substituents is 1. The number of phenols is 1. The molecule has 1 N–H and O–H groups in total. The van der Waals surface area contributed by atoms with Crippen LogP contribution in [0, 0.1) is 23.6 Å². The van der Waals surface area contributed by atoms with Gasteiger partial charge in [-0.05, 0) is 59.9 Å². The first kappa shape index (κ1) is 29.4. The number of alkyl halides is 2. The Kier molecular flexibility index (Phi) is 6.53. The summed E-state index contributed by atoms with van der Waals surface area (Å²) in [7, 11) is 0. The molecule has 46 heavy (non-hydrogen) atoms. The molecule has 4 amide bonds. The number of hydrogen-bond acceptors (Lipinski definition) is 6. The van der Waals surface area contributed by atoms with Crippen molar-refractivity contribution < 1.29 is 28.7 Å². The number of benzene rings is 3. The summed E-state index contributed by atoms with van der Waals surface area (Å²) in [4.78, 5) is 55.5. The highest BCUT2D eigenvalue weighted by Crippen LogP contribution is 2.66. The third kappa shape index (κ3) is 3.82. The van der Waals surface area contributed by atoms with E-state index in [1.54, 1.807) is 24.3 Å². The Labute approximate surface area is 276 Å². The summed E-state index contributed by atoms with van der Waals surface area (Å²) in [5.74, 6) is -6.33. The highest BCUT2D eigenvalue weighted by atomic mass is 35.5. The summed E-state index contributed by atoms with van der Waals surface area (Å²) in [6, 6.07) is 19.2. The highest BCUT2D eigenvalue weighted by Gasteiger charge is 2.76. The van der Waals surface area contributed by atoms with Gasteiger partial charge in [0.1, 0.15) is 11.6 Å². The zero-order chi connectivity index (χ0) is 32.1. The van der Waals surface area contributed by atoms with Gasteiger partial charge in [-0.3, -0.25) is 24.1 Å². The van der Waals surface area contributed by atoms with Gasteiger partial charge >= 0.3 is 0 Å². The van der Waals surface area contributed by atoms with Crippen molar-refractivity contribution in [3.63, 3.8) is 0 Å². The van der Waals surface area contributed by atoms with Crippen molar-refractivity contribution in [2.24, 2.45) is 17.8 Å². The van der Waals surface area contributed by atoms with Gasteiger partial charge in [-0.2, -0.15) is 0 Å². The van der Waals surface area contributed by atoms with Gasteiger partial charge in [0.2, 0.25) is 11.8 Å². The molecule has 0 spiro atoms. The van der Waals surface area contributed by atoms with E-state index < -0.39 is 51.1 Å². The van der Waals surface area contributed by atoms with Gasteiger partial charge in [-0.1, -0.05) is 54.1 Å². The van der Waals surface area contributed by atoms with E-state index in [9.17, 15) is 28.7 Å². The fourth-order valence-corrected chi connectivity index (χ4v) is 9.65. The SMILES string of the molecule is O=C1[C@H]2[C@H](CC=C3[C@H]2C[C@@]2(Cl)C(=O)N(c4ccc(F)cc4)C(=O)[C@@]2(Cl)[C@H]3c2ccc3ccccc3c2O)C(=O)N1Cc1cccs1. The van der Waals surface area contributed by atoms with Crippen LogP contribution in [-0.4, -0.2) is 43.4 Å². The third-order valence-corrected chi connectivity index (χ3v) is 12.4. The number of amides is 4. The van der Waals surface area contributed by atoms with Crippen molar-refractivity contribution >= 4 is 74.6 Å². The molecular weight excluding hydrogens is 650 g/mol. The first-order valence-corrected chi connectivity index (χ1v) is 16.5. The Morgan fingerprint density at radius 2 is 1.65 bits per heavy atom. The summed E-state index contributed by atoms with van der Waals surface area (Å²) in [5, 5.41) is 14.9. The standard InChI is InChI=1S/C35H25Cl2FN2O5S/c36-34-16-26-23(13-14-24-27(26)31(43)39(30(24)42)17-21-5-3-15-46-21)28(25-12-7-18-4-1-2-6-22(18)29(25)41)35(34,37)33(45)40(32(34)44)20-10-8-19(38)9-11-20/h1-13,15,24,26-28,41H,14,16-17H2/t24-,26+,27-,28+,34+,35-/m0/s1. The van der Waals surface area contributed by atoms with Crippen molar-refractivity contribution in [3.8, 4) is 5.75 Å². The summed E-state index contributed by atoms with van der Waals surface area (Å²) >= 11 is 16.3. The quantitative estimate of drug-likeness (QED) is 0.151. The van der Waals surface area contributed by atoms with E-state index >= 15 is 0 Å². The lowest BCUT2D eigenvalue weighted by molar-refractivity contribution is -0.141. The van der Waals surface area contributed by atoms with Crippen LogP contribution in [0.3, 0.4) is 0 Å². The minimum absolute atomic E-state index is 0.0939. The lowest BCUT2D eigenvalue weighted by Crippen LogP contribution is -2.60. The first-order chi connectivity index (χ1) is 22.1. The smallest absolute Gasteiger partial charge is 0.258 e. The lowest BCUT2D eigenvalue weighted by atomic mass is 9.56. The molecule has 8 rings (SSSR count). The van der Waals surface area contributed by atoms with Crippen molar-refractivity contribution in [3.05, 3.63) is 106 Å². The predicted molar refractivity (Wildman–Crippen MR) is 172 cm³/mol. The number of imide groups is 2. The Hall–Kier alpha value is -4.05. The van der Waals surface area contributed by atoms with Gasteiger partial charge < -0.3 is 5.11 Å². The van der Waals surface area contributed by atoms with Crippen molar-refractivity contribution in [2.45, 2.75) is 35.1 Å². The number of anilines is 1. The molecule has 0 radical (unpaired) electrons. The molecule has 4 aromatic rings. The number of thiophene rings is 1. The van der Waals surface area contributed by atoms with Crippen LogP contribution in [-0.2, 0) is 25.7 Å². The van der Waals surface area contributed by atoms with Gasteiger partial charge in [-0.15, -0.1) is 34.5 Å². The molecule has 2 aliphatic carbocycles. The lowest BCUT2D eigenvalue weighted by Gasteiger charge is -2.50. The summed E-state index contributed by atoms with van der Waals surface area (Å²) < 4.78 is 13.9. The average molecular weight is 676 g/mol. The number of carbonyl (C=O) groups excluding carboxylic acids is 4. The Bertz CT molecular complexity index is 2020. The summed E-state index contributed by atoms with van der Waals surface area (Å²) in [5.41, 5.74) is 0.957. The van der Waals surface area contributed by atoms with Crippen LogP contribution >= 0.6 is 34.5 Å². The molecular formula is C35H25Cl2FN2O5S. The number of allylic oxidation sites excluding steroid dienone is 2. The molecule has 232 valence electrons. The van der Waals surface area contributed by atoms with E-state index in [1.165, 1.54) is 28.4 Å². The molecule has 1 saturated carbocycles. The van der Waals surface area contributed by atoms with E-state index in [2.05, 4.69) is 0 Å². The molecule has 6 atom stereocenters. The molecule has 2 saturated heterocycles. The topological polar surface area (TPSA) is 95.0 Å².